The molecule has 178 valence electrons. The van der Waals surface area contributed by atoms with E-state index in [9.17, 15) is 17.8 Å². The molecule has 0 saturated carbocycles. The summed E-state index contributed by atoms with van der Waals surface area (Å²) in [7, 11) is 2.70. The van der Waals surface area contributed by atoms with Gasteiger partial charge in [0.15, 0.2) is 0 Å². The van der Waals surface area contributed by atoms with E-state index in [1.54, 1.807) is 30.8 Å². The Labute approximate surface area is 198 Å². The topological polar surface area (TPSA) is 101 Å². The lowest BCUT2D eigenvalue weighted by atomic mass is 10.0. The maximum Gasteiger partial charge on any atom is 0.357 e. The number of nitrogens with one attached hydrogen (secondary N) is 1. The number of aryl methyl sites for hydroxylation is 2. The number of allylic oxidation sites excluding steroid dienone is 1. The summed E-state index contributed by atoms with van der Waals surface area (Å²) < 4.78 is 38.7. The molecule has 0 aliphatic carbocycles. The van der Waals surface area contributed by atoms with Crippen LogP contribution in [-0.4, -0.2) is 37.3 Å². The minimum absolute atomic E-state index is 0.0813. The highest BCUT2D eigenvalue weighted by Crippen LogP contribution is 2.27. The molecule has 4 rings (SSSR count). The van der Waals surface area contributed by atoms with E-state index in [-0.39, 0.29) is 11.1 Å². The number of halogens is 2. The van der Waals surface area contributed by atoms with Gasteiger partial charge < -0.3 is 5.32 Å². The first-order valence-electron chi connectivity index (χ1n) is 10.7. The first kappa shape index (κ1) is 25.2. The normalized spacial score (nSPS) is 15.6. The summed E-state index contributed by atoms with van der Waals surface area (Å²) in [5, 5.41) is 12.0. The zero-order valence-corrected chi connectivity index (χ0v) is 20.0. The summed E-state index contributed by atoms with van der Waals surface area (Å²) in [5.41, 5.74) is 2.71. The smallest absolute Gasteiger partial charge is 0.357 e. The van der Waals surface area contributed by atoms with Gasteiger partial charge in [-0.2, -0.15) is 14.0 Å². The van der Waals surface area contributed by atoms with Crippen LogP contribution in [0.2, 0.25) is 0 Å². The van der Waals surface area contributed by atoms with Crippen molar-refractivity contribution in [1.82, 2.24) is 14.5 Å². The fraction of sp³-hybridized carbons (Fsp3) is 0.333. The molecule has 34 heavy (non-hydrogen) atoms. The van der Waals surface area contributed by atoms with Crippen LogP contribution in [0.4, 0.5) is 14.6 Å². The van der Waals surface area contributed by atoms with Gasteiger partial charge in [-0.25, -0.2) is 9.97 Å². The van der Waals surface area contributed by atoms with Crippen LogP contribution < -0.4 is 10.9 Å². The van der Waals surface area contributed by atoms with Gasteiger partial charge in [0, 0.05) is 47.5 Å². The van der Waals surface area contributed by atoms with Crippen LogP contribution in [0.3, 0.4) is 0 Å². The van der Waals surface area contributed by atoms with Crippen molar-refractivity contribution in [2.75, 3.05) is 23.9 Å². The average molecular weight is 486 g/mol. The SMILES string of the molecule is CCc1cccc(C(F)(F)C#N)c1.CNc1ncnc2c1cc(C1=CCS(=O)CC1)c(=O)n2C. The van der Waals surface area contributed by atoms with E-state index in [1.165, 1.54) is 18.5 Å². The van der Waals surface area contributed by atoms with Crippen LogP contribution in [0.1, 0.15) is 30.0 Å². The summed E-state index contributed by atoms with van der Waals surface area (Å²) in [6.45, 7) is 1.88. The molecule has 1 aromatic carbocycles. The minimum Gasteiger partial charge on any atom is -0.372 e. The fourth-order valence-corrected chi connectivity index (χ4v) is 4.60. The van der Waals surface area contributed by atoms with E-state index < -0.39 is 16.7 Å². The van der Waals surface area contributed by atoms with Crippen LogP contribution in [0, 0.1) is 11.3 Å². The van der Waals surface area contributed by atoms with Gasteiger partial charge in [-0.1, -0.05) is 31.2 Å². The van der Waals surface area contributed by atoms with E-state index in [0.717, 1.165) is 22.6 Å². The second-order valence-electron chi connectivity index (χ2n) is 7.66. The van der Waals surface area contributed by atoms with E-state index in [1.807, 2.05) is 19.1 Å². The van der Waals surface area contributed by atoms with Crippen molar-refractivity contribution in [1.29, 1.82) is 5.26 Å². The predicted molar refractivity (Wildman–Crippen MR) is 130 cm³/mol. The summed E-state index contributed by atoms with van der Waals surface area (Å²) in [6, 6.07) is 8.74. The van der Waals surface area contributed by atoms with Crippen LogP contribution in [0.15, 0.2) is 47.5 Å². The molecule has 1 aliphatic rings. The first-order valence-corrected chi connectivity index (χ1v) is 12.2. The van der Waals surface area contributed by atoms with Gasteiger partial charge in [0.1, 0.15) is 23.9 Å². The third-order valence-electron chi connectivity index (χ3n) is 5.54. The number of hydrogen-bond donors (Lipinski definition) is 1. The molecule has 10 heteroatoms. The number of pyridine rings is 1. The van der Waals surface area contributed by atoms with E-state index in [4.69, 9.17) is 5.26 Å². The van der Waals surface area contributed by atoms with Crippen molar-refractivity contribution < 1.29 is 13.0 Å². The second-order valence-corrected chi connectivity index (χ2v) is 9.28. The third-order valence-corrected chi connectivity index (χ3v) is 6.74. The number of anilines is 1. The van der Waals surface area contributed by atoms with Crippen molar-refractivity contribution in [3.63, 3.8) is 0 Å². The lowest BCUT2D eigenvalue weighted by Gasteiger charge is -2.15. The number of hydrogen-bond acceptors (Lipinski definition) is 6. The molecule has 0 fully saturated rings. The highest BCUT2D eigenvalue weighted by atomic mass is 32.2. The third kappa shape index (κ3) is 5.37. The van der Waals surface area contributed by atoms with Crippen molar-refractivity contribution >= 4 is 33.2 Å². The summed E-state index contributed by atoms with van der Waals surface area (Å²) in [5.74, 6) is -1.56. The quantitative estimate of drug-likeness (QED) is 0.604. The van der Waals surface area contributed by atoms with Gasteiger partial charge >= 0.3 is 5.92 Å². The molecule has 3 heterocycles. The summed E-state index contributed by atoms with van der Waals surface area (Å²) in [4.78, 5) is 20.9. The molecule has 0 saturated heterocycles. The van der Waals surface area contributed by atoms with Crippen LogP contribution in [0.5, 0.6) is 0 Å². The first-order chi connectivity index (χ1) is 16.2. The number of fused-ring (bicyclic) bond motifs is 1. The van der Waals surface area contributed by atoms with Gasteiger partial charge in [0.25, 0.3) is 5.56 Å². The van der Waals surface area contributed by atoms with Crippen molar-refractivity contribution in [3.05, 3.63) is 69.8 Å². The molecule has 0 bridgehead atoms. The number of aromatic nitrogens is 3. The summed E-state index contributed by atoms with van der Waals surface area (Å²) in [6.07, 6.45) is 4.70. The number of nitrogens with zero attached hydrogens (tertiary/aromatic N) is 4. The van der Waals surface area contributed by atoms with Crippen molar-refractivity contribution in [2.24, 2.45) is 7.05 Å². The Bertz CT molecular complexity index is 1360. The van der Waals surface area contributed by atoms with Gasteiger partial charge in [0.2, 0.25) is 0 Å². The Hall–Kier alpha value is -3.45. The molecule has 0 amide bonds. The van der Waals surface area contributed by atoms with Crippen molar-refractivity contribution in [3.8, 4) is 6.07 Å². The van der Waals surface area contributed by atoms with E-state index in [2.05, 4.69) is 15.3 Å². The molecule has 1 unspecified atom stereocenters. The molecule has 3 aromatic rings. The van der Waals surface area contributed by atoms with Crippen molar-refractivity contribution in [2.45, 2.75) is 25.7 Å². The van der Waals surface area contributed by atoms with Gasteiger partial charge in [-0.05, 0) is 36.1 Å². The Kier molecular flexibility index (Phi) is 7.89. The predicted octanol–water partition coefficient (Wildman–Crippen LogP) is 3.77. The Morgan fingerprint density at radius 2 is 2.06 bits per heavy atom. The van der Waals surface area contributed by atoms with Crippen LogP contribution in [-0.2, 0) is 30.2 Å². The fourth-order valence-electron chi connectivity index (χ4n) is 3.60. The summed E-state index contributed by atoms with van der Waals surface area (Å²) >= 11 is 0. The highest BCUT2D eigenvalue weighted by molar-refractivity contribution is 7.85. The molecule has 1 atom stereocenters. The minimum atomic E-state index is -3.37. The van der Waals surface area contributed by atoms with Crippen LogP contribution >= 0.6 is 0 Å². The van der Waals surface area contributed by atoms with E-state index >= 15 is 0 Å². The number of benzene rings is 1. The van der Waals surface area contributed by atoms with Gasteiger partial charge in [-0.3, -0.25) is 13.6 Å². The zero-order valence-electron chi connectivity index (χ0n) is 19.1. The lowest BCUT2D eigenvalue weighted by Crippen LogP contribution is -2.23. The maximum atomic E-state index is 12.8. The molecule has 1 N–H and O–H groups in total. The average Bonchev–Trinajstić information content (AvgIpc) is 2.86. The number of rotatable bonds is 4. The number of alkyl halides is 2. The van der Waals surface area contributed by atoms with E-state index in [0.29, 0.717) is 41.4 Å². The second kappa shape index (κ2) is 10.7. The molecular formula is C24H25F2N5O2S. The molecule has 1 aliphatic heterocycles. The molecular weight excluding hydrogens is 460 g/mol. The standard InChI is InChI=1S/C14H16N4O2S.C10H9F2N/c1-15-12-11-7-10(9-3-5-21(20)6-4-9)14(19)18(2)13(11)17-8-16-12;1-2-8-4-3-5-9(6-8)10(11,12)7-13/h3,7-8H,4-6H2,1-2H3,(H,15,16,17);3-6H,2H2,1H3. The Morgan fingerprint density at radius 3 is 2.68 bits per heavy atom. The molecule has 7 nitrogen and oxygen atoms in total. The zero-order chi connectivity index (χ0) is 24.9. The monoisotopic (exact) mass is 485 g/mol. The highest BCUT2D eigenvalue weighted by Gasteiger charge is 2.30. The van der Waals surface area contributed by atoms with Crippen LogP contribution in [0.25, 0.3) is 16.6 Å². The van der Waals surface area contributed by atoms with Gasteiger partial charge in [-0.15, -0.1) is 0 Å². The molecule has 0 spiro atoms. The molecule has 0 radical (unpaired) electrons. The lowest BCUT2D eigenvalue weighted by molar-refractivity contribution is 0.0612. The maximum absolute atomic E-state index is 12.8. The largest absolute Gasteiger partial charge is 0.372 e. The Balaban J connectivity index is 0.000000215. The Morgan fingerprint density at radius 1 is 1.29 bits per heavy atom. The number of nitriles is 1. The van der Waals surface area contributed by atoms with Gasteiger partial charge in [0.05, 0.1) is 5.39 Å². The molecule has 2 aromatic heterocycles.